The van der Waals surface area contributed by atoms with E-state index in [1.54, 1.807) is 17.5 Å². The molecule has 20 heavy (non-hydrogen) atoms. The van der Waals surface area contributed by atoms with Crippen molar-refractivity contribution in [2.24, 2.45) is 0 Å². The van der Waals surface area contributed by atoms with Crippen LogP contribution in [-0.2, 0) is 6.54 Å². The first-order valence-electron chi connectivity index (χ1n) is 5.45. The normalized spacial score (nSPS) is 10.2. The highest BCUT2D eigenvalue weighted by atomic mass is 32.1. The molecule has 0 bridgehead atoms. The van der Waals surface area contributed by atoms with E-state index >= 15 is 0 Å². The molecule has 0 saturated carbocycles. The summed E-state index contributed by atoms with van der Waals surface area (Å²) >= 11 is 1.43. The number of hydrogen-bond donors (Lipinski definition) is 1. The van der Waals surface area contributed by atoms with Gasteiger partial charge in [0.2, 0.25) is 0 Å². The first kappa shape index (κ1) is 13.9. The average molecular weight is 294 g/mol. The van der Waals surface area contributed by atoms with Crippen LogP contribution in [0.1, 0.15) is 16.1 Å². The van der Waals surface area contributed by atoms with Crippen molar-refractivity contribution < 1.29 is 14.8 Å². The predicted molar refractivity (Wildman–Crippen MR) is 72.1 cm³/mol. The first-order valence-corrected chi connectivity index (χ1v) is 6.39. The fraction of sp³-hybridized carbons (Fsp3) is 0.182. The third-order valence-electron chi connectivity index (χ3n) is 2.54. The Balaban J connectivity index is 2.35. The molecule has 2 rings (SSSR count). The zero-order valence-electron chi connectivity index (χ0n) is 10.4. The van der Waals surface area contributed by atoms with Crippen LogP contribution in [0.15, 0.2) is 23.2 Å². The average Bonchev–Trinajstić information content (AvgIpc) is 2.90. The van der Waals surface area contributed by atoms with Crippen LogP contribution in [0.25, 0.3) is 0 Å². The fourth-order valence-corrected chi connectivity index (χ4v) is 2.19. The Morgan fingerprint density at radius 2 is 2.30 bits per heavy atom. The van der Waals surface area contributed by atoms with Crippen molar-refractivity contribution in [2.75, 3.05) is 11.9 Å². The van der Waals surface area contributed by atoms with Gasteiger partial charge in [0.15, 0.2) is 0 Å². The standard InChI is InChI=1S/C11H10N4O4S/c1-14(4-7-5-20-6-13-7)10-9(11(16)17)2-8(3-12-10)15(18)19/h2-3,5-6H,4H2,1H3,(H,16,17). The maximum atomic E-state index is 11.2. The van der Waals surface area contributed by atoms with Gasteiger partial charge in [-0.2, -0.15) is 0 Å². The van der Waals surface area contributed by atoms with Gasteiger partial charge in [-0.1, -0.05) is 0 Å². The third-order valence-corrected chi connectivity index (χ3v) is 3.17. The van der Waals surface area contributed by atoms with Gasteiger partial charge in [-0.05, 0) is 0 Å². The number of pyridine rings is 1. The second-order valence-corrected chi connectivity index (χ2v) is 4.68. The zero-order chi connectivity index (χ0) is 14.7. The molecular weight excluding hydrogens is 284 g/mol. The van der Waals surface area contributed by atoms with Crippen molar-refractivity contribution in [1.29, 1.82) is 0 Å². The Morgan fingerprint density at radius 1 is 1.55 bits per heavy atom. The van der Waals surface area contributed by atoms with Crippen LogP contribution in [0.3, 0.4) is 0 Å². The molecule has 0 aromatic carbocycles. The molecule has 2 heterocycles. The number of carbonyl (C=O) groups is 1. The van der Waals surface area contributed by atoms with Crippen LogP contribution in [0, 0.1) is 10.1 Å². The number of nitrogens with zero attached hydrogens (tertiary/aromatic N) is 4. The highest BCUT2D eigenvalue weighted by Crippen LogP contribution is 2.23. The van der Waals surface area contributed by atoms with E-state index < -0.39 is 10.9 Å². The Labute approximate surface area is 117 Å². The van der Waals surface area contributed by atoms with Crippen molar-refractivity contribution in [3.05, 3.63) is 44.5 Å². The maximum Gasteiger partial charge on any atom is 0.339 e. The van der Waals surface area contributed by atoms with E-state index in [1.165, 1.54) is 11.3 Å². The van der Waals surface area contributed by atoms with Crippen molar-refractivity contribution in [2.45, 2.75) is 6.54 Å². The molecule has 0 unspecified atom stereocenters. The lowest BCUT2D eigenvalue weighted by molar-refractivity contribution is -0.385. The van der Waals surface area contributed by atoms with Crippen LogP contribution >= 0.6 is 11.3 Å². The van der Waals surface area contributed by atoms with Gasteiger partial charge in [0, 0.05) is 18.5 Å². The molecule has 8 nitrogen and oxygen atoms in total. The zero-order valence-corrected chi connectivity index (χ0v) is 11.2. The molecule has 9 heteroatoms. The van der Waals surface area contributed by atoms with Crippen molar-refractivity contribution >= 4 is 28.8 Å². The van der Waals surface area contributed by atoms with E-state index in [0.717, 1.165) is 18.0 Å². The van der Waals surface area contributed by atoms with Crippen molar-refractivity contribution in [3.63, 3.8) is 0 Å². The molecule has 0 fully saturated rings. The molecule has 0 radical (unpaired) electrons. The number of rotatable bonds is 5. The van der Waals surface area contributed by atoms with Gasteiger partial charge in [-0.25, -0.2) is 14.8 Å². The molecule has 0 aliphatic heterocycles. The van der Waals surface area contributed by atoms with Gasteiger partial charge < -0.3 is 10.0 Å². The Hall–Kier alpha value is -2.55. The minimum absolute atomic E-state index is 0.163. The van der Waals surface area contributed by atoms with Gasteiger partial charge in [0.1, 0.15) is 17.6 Å². The number of carboxylic acid groups (broad SMARTS) is 1. The summed E-state index contributed by atoms with van der Waals surface area (Å²) < 4.78 is 0. The lowest BCUT2D eigenvalue weighted by Gasteiger charge is -2.18. The number of nitro groups is 1. The topological polar surface area (TPSA) is 109 Å². The Morgan fingerprint density at radius 3 is 2.85 bits per heavy atom. The molecular formula is C11H10N4O4S. The summed E-state index contributed by atoms with van der Waals surface area (Å²) in [4.78, 5) is 30.7. The second kappa shape index (κ2) is 5.61. The Kier molecular flexibility index (Phi) is 3.89. The van der Waals surface area contributed by atoms with Gasteiger partial charge in [-0.15, -0.1) is 11.3 Å². The van der Waals surface area contributed by atoms with Gasteiger partial charge >= 0.3 is 5.97 Å². The summed E-state index contributed by atoms with van der Waals surface area (Å²) in [6, 6.07) is 1.00. The van der Waals surface area contributed by atoms with Crippen LogP contribution in [-0.4, -0.2) is 33.0 Å². The SMILES string of the molecule is CN(Cc1cscn1)c1ncc([N+](=O)[O-])cc1C(=O)O. The van der Waals surface area contributed by atoms with E-state index in [0.29, 0.717) is 6.54 Å². The van der Waals surface area contributed by atoms with E-state index in [-0.39, 0.29) is 17.1 Å². The number of aromatic nitrogens is 2. The molecule has 2 aromatic heterocycles. The summed E-state index contributed by atoms with van der Waals surface area (Å²) in [6.07, 6.45) is 1.04. The Bertz CT molecular complexity index is 644. The number of anilines is 1. The summed E-state index contributed by atoms with van der Waals surface area (Å²) in [7, 11) is 1.65. The first-order chi connectivity index (χ1) is 9.49. The smallest absolute Gasteiger partial charge is 0.339 e. The van der Waals surface area contributed by atoms with Gasteiger partial charge in [-0.3, -0.25) is 10.1 Å². The molecule has 0 spiro atoms. The molecule has 0 saturated heterocycles. The number of thiazole rings is 1. The van der Waals surface area contributed by atoms with E-state index in [2.05, 4.69) is 9.97 Å². The summed E-state index contributed by atoms with van der Waals surface area (Å²) in [5.41, 5.74) is 1.88. The second-order valence-electron chi connectivity index (χ2n) is 3.96. The summed E-state index contributed by atoms with van der Waals surface area (Å²) in [5.74, 6) is -1.10. The molecule has 0 aliphatic carbocycles. The molecule has 1 N–H and O–H groups in total. The largest absolute Gasteiger partial charge is 0.478 e. The molecule has 104 valence electrons. The van der Waals surface area contributed by atoms with Gasteiger partial charge in [0.25, 0.3) is 5.69 Å². The minimum atomic E-state index is -1.26. The minimum Gasteiger partial charge on any atom is -0.478 e. The summed E-state index contributed by atoms with van der Waals surface area (Å²) in [6.45, 7) is 0.370. The highest BCUT2D eigenvalue weighted by Gasteiger charge is 2.20. The van der Waals surface area contributed by atoms with Crippen molar-refractivity contribution in [3.8, 4) is 0 Å². The van der Waals surface area contributed by atoms with Crippen LogP contribution in [0.4, 0.5) is 11.5 Å². The van der Waals surface area contributed by atoms with Crippen LogP contribution in [0.2, 0.25) is 0 Å². The quantitative estimate of drug-likeness (QED) is 0.661. The monoisotopic (exact) mass is 294 g/mol. The maximum absolute atomic E-state index is 11.2. The number of carboxylic acids is 1. The van der Waals surface area contributed by atoms with Crippen LogP contribution < -0.4 is 4.90 Å². The predicted octanol–water partition coefficient (Wildman–Crippen LogP) is 1.78. The van der Waals surface area contributed by atoms with E-state index in [9.17, 15) is 14.9 Å². The number of aromatic carboxylic acids is 1. The lowest BCUT2D eigenvalue weighted by Crippen LogP contribution is -2.21. The lowest BCUT2D eigenvalue weighted by atomic mass is 10.2. The molecule has 0 atom stereocenters. The highest BCUT2D eigenvalue weighted by molar-refractivity contribution is 7.07. The number of hydrogen-bond acceptors (Lipinski definition) is 7. The fourth-order valence-electron chi connectivity index (χ4n) is 1.64. The van der Waals surface area contributed by atoms with E-state index in [1.807, 2.05) is 5.38 Å². The summed E-state index contributed by atoms with van der Waals surface area (Å²) in [5, 5.41) is 21.6. The molecule has 0 amide bonds. The van der Waals surface area contributed by atoms with E-state index in [4.69, 9.17) is 5.11 Å². The van der Waals surface area contributed by atoms with Crippen LogP contribution in [0.5, 0.6) is 0 Å². The third kappa shape index (κ3) is 2.88. The molecule has 2 aromatic rings. The molecule has 0 aliphatic rings. The van der Waals surface area contributed by atoms with Crippen molar-refractivity contribution in [1.82, 2.24) is 9.97 Å². The van der Waals surface area contributed by atoms with Gasteiger partial charge in [0.05, 0.1) is 22.7 Å².